The van der Waals surface area contributed by atoms with Crippen molar-refractivity contribution in [2.45, 2.75) is 56.8 Å². The van der Waals surface area contributed by atoms with Crippen molar-refractivity contribution < 1.29 is 0 Å². The zero-order valence-corrected chi connectivity index (χ0v) is 15.8. The van der Waals surface area contributed by atoms with E-state index in [1.54, 1.807) is 0 Å². The molecule has 1 aromatic rings. The van der Waals surface area contributed by atoms with Crippen LogP contribution in [0.4, 0.5) is 11.4 Å². The second kappa shape index (κ2) is 7.60. The maximum Gasteiger partial charge on any atom is 0.269 e. The van der Waals surface area contributed by atoms with Gasteiger partial charge in [-0.15, -0.1) is 0 Å². The lowest BCUT2D eigenvalue weighted by atomic mass is 9.32. The van der Waals surface area contributed by atoms with E-state index in [1.165, 1.54) is 31.0 Å². The Bertz CT molecular complexity index is 812. The SMILES string of the molecule is CCC1CC(N/C=C(\C=N)C2C=Nc3ccc(C4CB(C#N)C4)cc3N2)C1. The summed E-state index contributed by atoms with van der Waals surface area (Å²) in [4.78, 5) is 4.59. The Balaban J connectivity index is 1.42. The lowest BCUT2D eigenvalue weighted by molar-refractivity contribution is 0.233. The number of nitrogens with zero attached hydrogens (tertiary/aromatic N) is 2. The highest BCUT2D eigenvalue weighted by molar-refractivity contribution is 6.70. The molecular weight excluding hydrogens is 333 g/mol. The molecule has 27 heavy (non-hydrogen) atoms. The average Bonchev–Trinajstić information content (AvgIpc) is 2.62. The average molecular weight is 359 g/mol. The van der Waals surface area contributed by atoms with Crippen molar-refractivity contribution >= 4 is 30.5 Å². The molecule has 0 aromatic heterocycles. The van der Waals surface area contributed by atoms with Crippen molar-refractivity contribution in [3.8, 4) is 5.97 Å². The van der Waals surface area contributed by atoms with E-state index >= 15 is 0 Å². The first-order valence-electron chi connectivity index (χ1n) is 10.0. The fourth-order valence-electron chi connectivity index (χ4n) is 4.20. The second-order valence-corrected chi connectivity index (χ2v) is 8.07. The Morgan fingerprint density at radius 2 is 2.26 bits per heavy atom. The molecule has 2 aliphatic heterocycles. The predicted molar refractivity (Wildman–Crippen MR) is 113 cm³/mol. The molecule has 2 fully saturated rings. The van der Waals surface area contributed by atoms with E-state index < -0.39 is 0 Å². The molecule has 0 spiro atoms. The largest absolute Gasteiger partial charge is 0.388 e. The molecule has 1 atom stereocenters. The highest BCUT2D eigenvalue weighted by Gasteiger charge is 2.34. The van der Waals surface area contributed by atoms with Crippen LogP contribution in [-0.4, -0.2) is 31.2 Å². The van der Waals surface area contributed by atoms with Crippen LogP contribution in [-0.2, 0) is 0 Å². The van der Waals surface area contributed by atoms with Crippen LogP contribution >= 0.6 is 0 Å². The van der Waals surface area contributed by atoms with Gasteiger partial charge in [0.15, 0.2) is 0 Å². The predicted octanol–water partition coefficient (Wildman–Crippen LogP) is 4.15. The molecule has 6 heteroatoms. The topological polar surface area (TPSA) is 84.1 Å². The van der Waals surface area contributed by atoms with Crippen LogP contribution in [0.3, 0.4) is 0 Å². The quantitative estimate of drug-likeness (QED) is 0.527. The van der Waals surface area contributed by atoms with Crippen LogP contribution in [0, 0.1) is 22.6 Å². The third-order valence-corrected chi connectivity index (χ3v) is 6.31. The van der Waals surface area contributed by atoms with E-state index in [4.69, 9.17) is 10.7 Å². The number of aliphatic imine (C=N–C) groups is 1. The molecular formula is C21H26BN5. The van der Waals surface area contributed by atoms with Gasteiger partial charge in [0.25, 0.3) is 6.71 Å². The van der Waals surface area contributed by atoms with Crippen LogP contribution in [0.15, 0.2) is 35.0 Å². The van der Waals surface area contributed by atoms with Gasteiger partial charge in [-0.2, -0.15) is 0 Å². The first kappa shape index (κ1) is 17.8. The Morgan fingerprint density at radius 3 is 2.96 bits per heavy atom. The van der Waals surface area contributed by atoms with Crippen LogP contribution in [0.1, 0.15) is 37.7 Å². The van der Waals surface area contributed by atoms with Gasteiger partial charge in [0.1, 0.15) is 0 Å². The van der Waals surface area contributed by atoms with Gasteiger partial charge in [0, 0.05) is 36.2 Å². The standard InChI is InChI=1S/C21H26BN5/c1-2-14-5-18(6-14)25-11-17(10-23)21-12-26-19-4-3-15(7-20(19)27-21)16-8-22(9-16)13-24/h3-4,7,10-12,14,16,18,21,23,25,27H,2,5-6,8-9H2,1H3/b17-11+,23-10?. The highest BCUT2D eigenvalue weighted by atomic mass is 15.0. The van der Waals surface area contributed by atoms with E-state index in [0.29, 0.717) is 12.0 Å². The van der Waals surface area contributed by atoms with Crippen molar-refractivity contribution in [1.29, 1.82) is 10.7 Å². The minimum absolute atomic E-state index is 0.0898. The maximum absolute atomic E-state index is 8.99. The Morgan fingerprint density at radius 1 is 1.44 bits per heavy atom. The van der Waals surface area contributed by atoms with Crippen molar-refractivity contribution in [2.75, 3.05) is 5.32 Å². The fraction of sp³-hybridized carbons (Fsp3) is 0.476. The van der Waals surface area contributed by atoms with E-state index in [-0.39, 0.29) is 12.8 Å². The zero-order chi connectivity index (χ0) is 18.8. The second-order valence-electron chi connectivity index (χ2n) is 8.07. The number of anilines is 1. The molecule has 1 saturated heterocycles. The van der Waals surface area contributed by atoms with Gasteiger partial charge in [-0.25, -0.2) is 5.26 Å². The third kappa shape index (κ3) is 3.64. The van der Waals surface area contributed by atoms with Gasteiger partial charge in [-0.3, -0.25) is 4.99 Å². The minimum atomic E-state index is -0.0898. The zero-order valence-electron chi connectivity index (χ0n) is 15.8. The van der Waals surface area contributed by atoms with Crippen LogP contribution in [0.5, 0.6) is 0 Å². The van der Waals surface area contributed by atoms with Crippen LogP contribution < -0.4 is 10.6 Å². The smallest absolute Gasteiger partial charge is 0.269 e. The summed E-state index contributed by atoms with van der Waals surface area (Å²) in [6.07, 6.45) is 10.9. The normalized spacial score (nSPS) is 26.9. The molecule has 0 amide bonds. The van der Waals surface area contributed by atoms with Crippen molar-refractivity contribution in [2.24, 2.45) is 10.9 Å². The van der Waals surface area contributed by atoms with Gasteiger partial charge in [-0.1, -0.05) is 32.1 Å². The Kier molecular flexibility index (Phi) is 5.02. The Labute approximate surface area is 161 Å². The molecule has 138 valence electrons. The molecule has 1 aromatic carbocycles. The summed E-state index contributed by atoms with van der Waals surface area (Å²) in [5.41, 5.74) is 4.13. The van der Waals surface area contributed by atoms with Gasteiger partial charge in [-0.05, 0) is 42.4 Å². The highest BCUT2D eigenvalue weighted by Crippen LogP contribution is 2.41. The summed E-state index contributed by atoms with van der Waals surface area (Å²) in [5.74, 6) is 3.69. The van der Waals surface area contributed by atoms with Gasteiger partial charge < -0.3 is 16.0 Å². The Hall–Kier alpha value is -2.55. The molecule has 1 saturated carbocycles. The van der Waals surface area contributed by atoms with Crippen LogP contribution in [0.2, 0.25) is 12.6 Å². The maximum atomic E-state index is 8.99. The van der Waals surface area contributed by atoms with Crippen molar-refractivity contribution in [3.05, 3.63) is 35.5 Å². The van der Waals surface area contributed by atoms with Crippen molar-refractivity contribution in [3.63, 3.8) is 0 Å². The number of fused-ring (bicyclic) bond motifs is 1. The number of hydrogen-bond donors (Lipinski definition) is 3. The molecule has 0 radical (unpaired) electrons. The molecule has 1 aliphatic carbocycles. The molecule has 3 N–H and O–H groups in total. The number of rotatable bonds is 6. The molecule has 0 bridgehead atoms. The van der Waals surface area contributed by atoms with E-state index in [2.05, 4.69) is 46.7 Å². The fourth-order valence-corrected chi connectivity index (χ4v) is 4.20. The van der Waals surface area contributed by atoms with Gasteiger partial charge in [0.05, 0.1) is 17.4 Å². The van der Waals surface area contributed by atoms with E-state index in [1.807, 2.05) is 12.4 Å². The number of nitrogens with one attached hydrogen (secondary N) is 3. The third-order valence-electron chi connectivity index (χ3n) is 6.31. The van der Waals surface area contributed by atoms with E-state index in [0.717, 1.165) is 35.5 Å². The molecule has 3 aliphatic rings. The first-order chi connectivity index (χ1) is 13.2. The monoisotopic (exact) mass is 359 g/mol. The summed E-state index contributed by atoms with van der Waals surface area (Å²) in [6.45, 7) is 2.46. The van der Waals surface area contributed by atoms with Crippen molar-refractivity contribution in [1.82, 2.24) is 5.32 Å². The molecule has 5 nitrogen and oxygen atoms in total. The number of benzene rings is 1. The van der Waals surface area contributed by atoms with Crippen LogP contribution in [0.25, 0.3) is 0 Å². The molecule has 1 unspecified atom stereocenters. The summed E-state index contributed by atoms with van der Waals surface area (Å²) in [7, 11) is 0. The van der Waals surface area contributed by atoms with Gasteiger partial charge >= 0.3 is 0 Å². The number of hydrogen-bond acceptors (Lipinski definition) is 5. The molecule has 4 rings (SSSR count). The van der Waals surface area contributed by atoms with Gasteiger partial charge in [0.2, 0.25) is 0 Å². The lowest BCUT2D eigenvalue weighted by Crippen LogP contribution is -2.39. The summed E-state index contributed by atoms with van der Waals surface area (Å²) < 4.78 is 0. The summed E-state index contributed by atoms with van der Waals surface area (Å²) >= 11 is 0. The minimum Gasteiger partial charge on any atom is -0.388 e. The molecule has 2 heterocycles. The summed E-state index contributed by atoms with van der Waals surface area (Å²) in [6, 6.07) is 6.80. The summed E-state index contributed by atoms with van der Waals surface area (Å²) in [5, 5.41) is 23.8. The van der Waals surface area contributed by atoms with E-state index in [9.17, 15) is 0 Å². The lowest BCUT2D eigenvalue weighted by Gasteiger charge is -2.35. The number of nitriles is 1. The first-order valence-corrected chi connectivity index (χ1v) is 10.0.